The standard InChI is InChI=1S/C22H20N6O/c23-14-16-6-1-2-8-18(16)19-9-10-20-21(27-19)28(13-4-3-12-25-20)22(29)26-17-7-5-11-24-15-17/h1-2,5-11,15,25H,3-4,12-13H2,(H,26,29). The molecule has 0 aliphatic carbocycles. The Bertz CT molecular complexity index is 1060. The fourth-order valence-corrected chi connectivity index (χ4v) is 3.30. The van der Waals surface area contributed by atoms with E-state index in [1.54, 1.807) is 35.5 Å². The maximum atomic E-state index is 13.0. The van der Waals surface area contributed by atoms with Crippen LogP contribution in [0.25, 0.3) is 11.3 Å². The molecule has 2 aromatic heterocycles. The van der Waals surface area contributed by atoms with Gasteiger partial charge in [-0.3, -0.25) is 9.88 Å². The molecule has 2 amide bonds. The van der Waals surface area contributed by atoms with Gasteiger partial charge in [0.05, 0.1) is 34.9 Å². The zero-order valence-corrected chi connectivity index (χ0v) is 15.8. The molecule has 4 rings (SSSR count). The minimum absolute atomic E-state index is 0.263. The second-order valence-electron chi connectivity index (χ2n) is 6.68. The van der Waals surface area contributed by atoms with E-state index < -0.39 is 0 Å². The van der Waals surface area contributed by atoms with E-state index in [1.807, 2.05) is 30.3 Å². The highest BCUT2D eigenvalue weighted by molar-refractivity contribution is 6.03. The van der Waals surface area contributed by atoms with Crippen LogP contribution in [0.1, 0.15) is 18.4 Å². The van der Waals surface area contributed by atoms with Crippen molar-refractivity contribution in [2.24, 2.45) is 0 Å². The number of benzene rings is 1. The number of amides is 2. The summed E-state index contributed by atoms with van der Waals surface area (Å²) in [6, 6.07) is 16.6. The van der Waals surface area contributed by atoms with Crippen molar-refractivity contribution in [2.45, 2.75) is 12.8 Å². The smallest absolute Gasteiger partial charge is 0.327 e. The molecular weight excluding hydrogens is 364 g/mol. The predicted molar refractivity (Wildman–Crippen MR) is 113 cm³/mol. The maximum absolute atomic E-state index is 13.0. The number of hydrogen-bond acceptors (Lipinski definition) is 5. The second kappa shape index (κ2) is 8.40. The molecule has 1 aliphatic heterocycles. The van der Waals surface area contributed by atoms with Crippen molar-refractivity contribution in [2.75, 3.05) is 28.6 Å². The molecule has 0 unspecified atom stereocenters. The van der Waals surface area contributed by atoms with Crippen molar-refractivity contribution in [3.8, 4) is 17.3 Å². The molecule has 0 atom stereocenters. The van der Waals surface area contributed by atoms with E-state index in [0.29, 0.717) is 29.3 Å². The number of hydrogen-bond donors (Lipinski definition) is 2. The average Bonchev–Trinajstić information content (AvgIpc) is 2.75. The molecule has 1 aromatic carbocycles. The van der Waals surface area contributed by atoms with Gasteiger partial charge < -0.3 is 10.6 Å². The lowest BCUT2D eigenvalue weighted by molar-refractivity contribution is 0.256. The largest absolute Gasteiger partial charge is 0.382 e. The zero-order valence-electron chi connectivity index (χ0n) is 15.8. The van der Waals surface area contributed by atoms with E-state index in [9.17, 15) is 10.1 Å². The number of carbonyl (C=O) groups excluding carboxylic acids is 1. The molecule has 3 aromatic rings. The summed E-state index contributed by atoms with van der Waals surface area (Å²) in [7, 11) is 0. The first-order valence-electron chi connectivity index (χ1n) is 9.49. The Morgan fingerprint density at radius 3 is 2.86 bits per heavy atom. The topological polar surface area (TPSA) is 93.9 Å². The van der Waals surface area contributed by atoms with E-state index in [4.69, 9.17) is 4.98 Å². The highest BCUT2D eigenvalue weighted by Gasteiger charge is 2.23. The van der Waals surface area contributed by atoms with Crippen LogP contribution in [0, 0.1) is 11.3 Å². The number of pyridine rings is 2. The van der Waals surface area contributed by atoms with Crippen molar-refractivity contribution in [1.82, 2.24) is 9.97 Å². The highest BCUT2D eigenvalue weighted by atomic mass is 16.2. The monoisotopic (exact) mass is 384 g/mol. The summed E-state index contributed by atoms with van der Waals surface area (Å²) >= 11 is 0. The van der Waals surface area contributed by atoms with Gasteiger partial charge in [0, 0.05) is 24.8 Å². The molecule has 1 aliphatic rings. The lowest BCUT2D eigenvalue weighted by atomic mass is 10.0. The minimum atomic E-state index is -0.263. The number of nitrogens with zero attached hydrogens (tertiary/aromatic N) is 4. The van der Waals surface area contributed by atoms with Crippen molar-refractivity contribution < 1.29 is 4.79 Å². The van der Waals surface area contributed by atoms with Crippen molar-refractivity contribution in [1.29, 1.82) is 5.26 Å². The molecule has 0 bridgehead atoms. The molecule has 3 heterocycles. The van der Waals surface area contributed by atoms with Gasteiger partial charge in [-0.2, -0.15) is 5.26 Å². The van der Waals surface area contributed by atoms with E-state index in [0.717, 1.165) is 30.6 Å². The van der Waals surface area contributed by atoms with Crippen LogP contribution in [0.5, 0.6) is 0 Å². The van der Waals surface area contributed by atoms with Crippen LogP contribution in [0.3, 0.4) is 0 Å². The quantitative estimate of drug-likeness (QED) is 0.688. The SMILES string of the molecule is N#Cc1ccccc1-c1ccc2c(n1)N(C(=O)Nc1cccnc1)CCCCN2. The first kappa shape index (κ1) is 18.4. The summed E-state index contributed by atoms with van der Waals surface area (Å²) in [6.07, 6.45) is 5.07. The van der Waals surface area contributed by atoms with Gasteiger partial charge in [0.2, 0.25) is 0 Å². The first-order chi connectivity index (χ1) is 14.3. The van der Waals surface area contributed by atoms with Crippen LogP contribution >= 0.6 is 0 Å². The van der Waals surface area contributed by atoms with Crippen LogP contribution in [0.2, 0.25) is 0 Å². The lowest BCUT2D eigenvalue weighted by Gasteiger charge is -2.27. The summed E-state index contributed by atoms with van der Waals surface area (Å²) < 4.78 is 0. The Morgan fingerprint density at radius 1 is 1.14 bits per heavy atom. The Labute approximate surface area is 169 Å². The van der Waals surface area contributed by atoms with Crippen LogP contribution in [-0.2, 0) is 0 Å². The van der Waals surface area contributed by atoms with Gasteiger partial charge in [-0.25, -0.2) is 9.78 Å². The first-order valence-corrected chi connectivity index (χ1v) is 9.49. The number of anilines is 3. The van der Waals surface area contributed by atoms with E-state index in [2.05, 4.69) is 21.7 Å². The fraction of sp³-hybridized carbons (Fsp3) is 0.182. The van der Waals surface area contributed by atoms with Crippen LogP contribution in [-0.4, -0.2) is 29.1 Å². The molecule has 0 saturated heterocycles. The Balaban J connectivity index is 1.73. The molecule has 7 nitrogen and oxygen atoms in total. The van der Waals surface area contributed by atoms with Crippen molar-refractivity contribution >= 4 is 23.2 Å². The molecular formula is C22H20N6O. The number of nitrogens with one attached hydrogen (secondary N) is 2. The summed E-state index contributed by atoms with van der Waals surface area (Å²) in [5.41, 5.74) is 3.37. The highest BCUT2D eigenvalue weighted by Crippen LogP contribution is 2.31. The second-order valence-corrected chi connectivity index (χ2v) is 6.68. The third-order valence-electron chi connectivity index (χ3n) is 4.74. The molecule has 0 spiro atoms. The van der Waals surface area contributed by atoms with Crippen LogP contribution < -0.4 is 15.5 Å². The summed E-state index contributed by atoms with van der Waals surface area (Å²) in [4.78, 5) is 23.5. The number of carbonyl (C=O) groups is 1. The Morgan fingerprint density at radius 2 is 2.03 bits per heavy atom. The number of rotatable bonds is 2. The van der Waals surface area contributed by atoms with Gasteiger partial charge in [0.15, 0.2) is 5.82 Å². The van der Waals surface area contributed by atoms with Gasteiger partial charge in [0.25, 0.3) is 0 Å². The molecule has 144 valence electrons. The van der Waals surface area contributed by atoms with Crippen LogP contribution in [0.15, 0.2) is 60.9 Å². The average molecular weight is 384 g/mol. The predicted octanol–water partition coefficient (Wildman–Crippen LogP) is 4.26. The molecule has 29 heavy (non-hydrogen) atoms. The summed E-state index contributed by atoms with van der Waals surface area (Å²) in [5, 5.41) is 15.7. The van der Waals surface area contributed by atoms with Gasteiger partial charge in [-0.1, -0.05) is 18.2 Å². The normalized spacial score (nSPS) is 13.3. The van der Waals surface area contributed by atoms with Crippen molar-refractivity contribution in [3.63, 3.8) is 0 Å². The number of urea groups is 1. The zero-order chi connectivity index (χ0) is 20.1. The van der Waals surface area contributed by atoms with E-state index in [1.165, 1.54) is 0 Å². The van der Waals surface area contributed by atoms with Gasteiger partial charge in [-0.05, 0) is 43.2 Å². The maximum Gasteiger partial charge on any atom is 0.327 e. The minimum Gasteiger partial charge on any atom is -0.382 e. The number of fused-ring (bicyclic) bond motifs is 1. The van der Waals surface area contributed by atoms with Gasteiger partial charge in [-0.15, -0.1) is 0 Å². The fourth-order valence-electron chi connectivity index (χ4n) is 3.30. The van der Waals surface area contributed by atoms with E-state index in [-0.39, 0.29) is 6.03 Å². The third-order valence-corrected chi connectivity index (χ3v) is 4.74. The van der Waals surface area contributed by atoms with Gasteiger partial charge in [0.1, 0.15) is 0 Å². The molecule has 7 heteroatoms. The molecule has 0 radical (unpaired) electrons. The van der Waals surface area contributed by atoms with Gasteiger partial charge >= 0.3 is 6.03 Å². The number of aromatic nitrogens is 2. The van der Waals surface area contributed by atoms with E-state index >= 15 is 0 Å². The molecule has 0 saturated carbocycles. The van der Waals surface area contributed by atoms with Crippen LogP contribution in [0.4, 0.5) is 22.0 Å². The third kappa shape index (κ3) is 4.01. The lowest BCUT2D eigenvalue weighted by Crippen LogP contribution is -2.38. The Hall–Kier alpha value is -3.92. The Kier molecular flexibility index (Phi) is 5.34. The number of nitriles is 1. The van der Waals surface area contributed by atoms with Crippen molar-refractivity contribution in [3.05, 3.63) is 66.5 Å². The molecule has 0 fully saturated rings. The summed E-state index contributed by atoms with van der Waals surface area (Å²) in [6.45, 7) is 1.37. The molecule has 2 N–H and O–H groups in total. The summed E-state index contributed by atoms with van der Waals surface area (Å²) in [5.74, 6) is 0.552.